The zero-order chi connectivity index (χ0) is 21.5. The number of carbonyl (C=O) groups is 2. The van der Waals surface area contributed by atoms with E-state index in [0.717, 1.165) is 0 Å². The lowest BCUT2D eigenvalue weighted by atomic mass is 9.58. The quantitative estimate of drug-likeness (QED) is 0.487. The van der Waals surface area contributed by atoms with Gasteiger partial charge < -0.3 is 43.2 Å². The first kappa shape index (κ1) is 20.4. The molecule has 1 saturated carbocycles. The van der Waals surface area contributed by atoms with E-state index < -0.39 is 65.1 Å². The molecule has 5 fully saturated rings. The SMILES string of the molecule is COCO[C@@H]1C(=O)O[C@@H]2[C@@H]3COC(=O)N[C@]13[C@@H]1OC(C)(C)O[C@@H]1[C@]21COC(C)(C)O1. The fourth-order valence-corrected chi connectivity index (χ4v) is 5.60. The van der Waals surface area contributed by atoms with Crippen LogP contribution in [0.15, 0.2) is 0 Å². The van der Waals surface area contributed by atoms with Crippen LogP contribution in [-0.2, 0) is 42.7 Å². The van der Waals surface area contributed by atoms with E-state index in [1.807, 2.05) is 0 Å². The Morgan fingerprint density at radius 3 is 2.47 bits per heavy atom. The Morgan fingerprint density at radius 2 is 1.80 bits per heavy atom. The van der Waals surface area contributed by atoms with E-state index in [0.29, 0.717) is 0 Å². The lowest BCUT2D eigenvalue weighted by Crippen LogP contribution is -2.87. The average molecular weight is 429 g/mol. The number of hydrogen-bond donors (Lipinski definition) is 1. The predicted octanol–water partition coefficient (Wildman–Crippen LogP) is 0.0511. The number of cyclic esters (lactones) is 1. The van der Waals surface area contributed by atoms with Crippen molar-refractivity contribution in [1.29, 1.82) is 0 Å². The summed E-state index contributed by atoms with van der Waals surface area (Å²) in [5.41, 5.74) is -2.42. The van der Waals surface area contributed by atoms with Gasteiger partial charge in [-0.3, -0.25) is 0 Å². The topological polar surface area (TPSA) is 120 Å². The molecule has 1 amide bonds. The Kier molecular flexibility index (Phi) is 4.26. The molecule has 2 bridgehead atoms. The first-order chi connectivity index (χ1) is 14.0. The number of amides is 1. The molecule has 5 aliphatic rings. The van der Waals surface area contributed by atoms with Gasteiger partial charge in [0.15, 0.2) is 23.3 Å². The van der Waals surface area contributed by atoms with E-state index in [9.17, 15) is 9.59 Å². The summed E-state index contributed by atoms with van der Waals surface area (Å²) in [6, 6.07) is 0. The number of carbonyl (C=O) groups excluding carboxylic acids is 2. The smallest absolute Gasteiger partial charge is 0.407 e. The molecule has 168 valence electrons. The van der Waals surface area contributed by atoms with Crippen molar-refractivity contribution in [2.45, 2.75) is 74.8 Å². The second-order valence-corrected chi connectivity index (χ2v) is 9.30. The summed E-state index contributed by atoms with van der Waals surface area (Å²) in [5.74, 6) is -3.09. The van der Waals surface area contributed by atoms with E-state index in [1.165, 1.54) is 7.11 Å². The lowest BCUT2D eigenvalue weighted by Gasteiger charge is -2.62. The Labute approximate surface area is 173 Å². The molecule has 0 aromatic carbocycles. The number of methoxy groups -OCH3 is 1. The summed E-state index contributed by atoms with van der Waals surface area (Å²) in [6.45, 7) is 7.06. The number of nitrogens with one attached hydrogen (secondary N) is 1. The number of rotatable bonds is 3. The Balaban J connectivity index is 1.68. The van der Waals surface area contributed by atoms with Crippen LogP contribution in [0.5, 0.6) is 0 Å². The molecule has 5 rings (SSSR count). The largest absolute Gasteiger partial charge is 0.457 e. The molecular formula is C19H27NO10. The molecule has 0 aromatic rings. The van der Waals surface area contributed by atoms with Gasteiger partial charge in [0.2, 0.25) is 0 Å². The maximum absolute atomic E-state index is 13.1. The monoisotopic (exact) mass is 429 g/mol. The Bertz CT molecular complexity index is 770. The third-order valence-corrected chi connectivity index (χ3v) is 6.55. The Hall–Kier alpha value is -1.50. The number of esters is 1. The van der Waals surface area contributed by atoms with Gasteiger partial charge in [0.05, 0.1) is 12.5 Å². The van der Waals surface area contributed by atoms with Crippen LogP contribution >= 0.6 is 0 Å². The van der Waals surface area contributed by atoms with Crippen molar-refractivity contribution < 1.29 is 47.5 Å². The highest BCUT2D eigenvalue weighted by atomic mass is 16.8. The van der Waals surface area contributed by atoms with Crippen molar-refractivity contribution in [2.75, 3.05) is 27.1 Å². The van der Waals surface area contributed by atoms with Crippen molar-refractivity contribution in [3.63, 3.8) is 0 Å². The maximum Gasteiger partial charge on any atom is 0.407 e. The summed E-state index contributed by atoms with van der Waals surface area (Å²) >= 11 is 0. The van der Waals surface area contributed by atoms with Crippen LogP contribution in [0.1, 0.15) is 27.7 Å². The fraction of sp³-hybridized carbons (Fsp3) is 0.895. The summed E-state index contributed by atoms with van der Waals surface area (Å²) in [6.07, 6.45) is -4.14. The molecule has 4 aliphatic heterocycles. The molecule has 4 saturated heterocycles. The first-order valence-electron chi connectivity index (χ1n) is 10.0. The van der Waals surface area contributed by atoms with Gasteiger partial charge in [0, 0.05) is 7.11 Å². The van der Waals surface area contributed by atoms with Gasteiger partial charge in [-0.15, -0.1) is 0 Å². The third kappa shape index (κ3) is 2.59. The first-order valence-corrected chi connectivity index (χ1v) is 10.0. The van der Waals surface area contributed by atoms with Gasteiger partial charge in [-0.25, -0.2) is 9.59 Å². The van der Waals surface area contributed by atoms with Crippen LogP contribution in [0, 0.1) is 5.92 Å². The second-order valence-electron chi connectivity index (χ2n) is 9.30. The molecular weight excluding hydrogens is 402 g/mol. The van der Waals surface area contributed by atoms with Crippen molar-refractivity contribution in [3.8, 4) is 0 Å². The van der Waals surface area contributed by atoms with E-state index in [2.05, 4.69) is 5.32 Å². The van der Waals surface area contributed by atoms with Gasteiger partial charge in [-0.05, 0) is 27.7 Å². The molecule has 1 aliphatic carbocycles. The zero-order valence-electron chi connectivity index (χ0n) is 17.6. The minimum atomic E-state index is -1.28. The second kappa shape index (κ2) is 6.27. The van der Waals surface area contributed by atoms with Crippen LogP contribution in [0.2, 0.25) is 0 Å². The van der Waals surface area contributed by atoms with Crippen molar-refractivity contribution in [1.82, 2.24) is 5.32 Å². The van der Waals surface area contributed by atoms with E-state index >= 15 is 0 Å². The van der Waals surface area contributed by atoms with Crippen molar-refractivity contribution >= 4 is 12.1 Å². The minimum Gasteiger partial charge on any atom is -0.457 e. The van der Waals surface area contributed by atoms with Gasteiger partial charge >= 0.3 is 12.1 Å². The number of fused-ring (bicyclic) bond motifs is 3. The van der Waals surface area contributed by atoms with Gasteiger partial charge in [-0.2, -0.15) is 0 Å². The summed E-state index contributed by atoms with van der Waals surface area (Å²) < 4.78 is 46.8. The van der Waals surface area contributed by atoms with Gasteiger partial charge in [0.25, 0.3) is 0 Å². The van der Waals surface area contributed by atoms with E-state index in [-0.39, 0.29) is 20.0 Å². The van der Waals surface area contributed by atoms with Crippen molar-refractivity contribution in [2.24, 2.45) is 5.92 Å². The zero-order valence-corrected chi connectivity index (χ0v) is 17.6. The normalized spacial score (nSPS) is 47.8. The molecule has 1 spiro atoms. The van der Waals surface area contributed by atoms with Gasteiger partial charge in [0.1, 0.15) is 37.3 Å². The number of ether oxygens (including phenoxy) is 8. The molecule has 7 atom stereocenters. The van der Waals surface area contributed by atoms with Crippen LogP contribution in [-0.4, -0.2) is 86.3 Å². The molecule has 0 unspecified atom stereocenters. The van der Waals surface area contributed by atoms with Crippen LogP contribution in [0.25, 0.3) is 0 Å². The average Bonchev–Trinajstić information content (AvgIpc) is 3.16. The molecule has 0 aromatic heterocycles. The van der Waals surface area contributed by atoms with Crippen LogP contribution in [0.4, 0.5) is 4.79 Å². The standard InChI is InChI=1S/C19H27NO10/c1-16(2)26-7-18(30-16)10-9-6-24-15(22)20-19(9,12-11(18)28-17(3,4)29-12)13(14(21)27-10)25-8-23-5/h9-13H,6-8H2,1-5H3,(H,20,22)/t9-,10+,11-,12+,13+,18-,19+/m0/s1. The minimum absolute atomic E-state index is 0.00479. The maximum atomic E-state index is 13.1. The Morgan fingerprint density at radius 1 is 1.07 bits per heavy atom. The molecule has 11 heteroatoms. The molecule has 11 nitrogen and oxygen atoms in total. The fourth-order valence-electron chi connectivity index (χ4n) is 5.60. The van der Waals surface area contributed by atoms with Crippen LogP contribution < -0.4 is 5.32 Å². The number of alkyl carbamates (subject to hydrolysis) is 1. The predicted molar refractivity (Wildman–Crippen MR) is 95.0 cm³/mol. The van der Waals surface area contributed by atoms with E-state index in [4.69, 9.17) is 37.9 Å². The molecule has 0 radical (unpaired) electrons. The highest BCUT2D eigenvalue weighted by Crippen LogP contribution is 2.58. The highest BCUT2D eigenvalue weighted by Gasteiger charge is 2.81. The highest BCUT2D eigenvalue weighted by molar-refractivity contribution is 5.82. The number of hydrogen-bond acceptors (Lipinski definition) is 10. The third-order valence-electron chi connectivity index (χ3n) is 6.55. The summed E-state index contributed by atoms with van der Waals surface area (Å²) in [4.78, 5) is 25.5. The van der Waals surface area contributed by atoms with Crippen molar-refractivity contribution in [3.05, 3.63) is 0 Å². The summed E-state index contributed by atoms with van der Waals surface area (Å²) in [5, 5.41) is 2.84. The summed E-state index contributed by atoms with van der Waals surface area (Å²) in [7, 11) is 1.44. The molecule has 4 heterocycles. The van der Waals surface area contributed by atoms with Gasteiger partial charge in [-0.1, -0.05) is 0 Å². The van der Waals surface area contributed by atoms with Crippen LogP contribution in [0.3, 0.4) is 0 Å². The van der Waals surface area contributed by atoms with E-state index in [1.54, 1.807) is 27.7 Å². The lowest BCUT2D eigenvalue weighted by molar-refractivity contribution is -0.302. The molecule has 1 N–H and O–H groups in total. The molecule has 30 heavy (non-hydrogen) atoms.